The molecule has 0 N–H and O–H groups in total. The van der Waals surface area contributed by atoms with Crippen molar-refractivity contribution in [1.82, 2.24) is 0 Å². The van der Waals surface area contributed by atoms with Gasteiger partial charge < -0.3 is 9.53 Å². The number of esters is 1. The third-order valence-electron chi connectivity index (χ3n) is 2.00. The Morgan fingerprint density at radius 3 is 2.53 bits per heavy atom. The summed E-state index contributed by atoms with van der Waals surface area (Å²) in [5.41, 5.74) is 0.447. The molecule has 0 bridgehead atoms. The Bertz CT molecular complexity index is 255. The number of hydrogen-bond acceptors (Lipinski definition) is 4. The molecule has 1 unspecified atom stereocenters. The smallest absolute Gasteiger partial charge is 0.306 e. The SMILES string of the molecule is [CH2]COC(=O)CC(CC=O)C(C=O)=CC. The first-order valence-electron chi connectivity index (χ1n) is 4.69. The minimum atomic E-state index is -0.446. The fraction of sp³-hybridized carbons (Fsp3) is 0.455. The predicted molar refractivity (Wildman–Crippen MR) is 54.9 cm³/mol. The highest BCUT2D eigenvalue weighted by Gasteiger charge is 2.17. The average molecular weight is 211 g/mol. The van der Waals surface area contributed by atoms with Crippen molar-refractivity contribution in [1.29, 1.82) is 0 Å². The van der Waals surface area contributed by atoms with Gasteiger partial charge in [0.15, 0.2) is 0 Å². The quantitative estimate of drug-likeness (QED) is 0.359. The lowest BCUT2D eigenvalue weighted by molar-refractivity contribution is -0.143. The zero-order valence-electron chi connectivity index (χ0n) is 8.77. The Hall–Kier alpha value is -1.45. The Morgan fingerprint density at radius 2 is 2.13 bits per heavy atom. The molecule has 0 spiro atoms. The van der Waals surface area contributed by atoms with Crippen LogP contribution in [-0.4, -0.2) is 25.1 Å². The van der Waals surface area contributed by atoms with E-state index < -0.39 is 5.97 Å². The van der Waals surface area contributed by atoms with Gasteiger partial charge in [0.05, 0.1) is 13.0 Å². The molecule has 0 saturated carbocycles. The van der Waals surface area contributed by atoms with Crippen molar-refractivity contribution < 1.29 is 19.1 Å². The second-order valence-electron chi connectivity index (χ2n) is 2.93. The van der Waals surface area contributed by atoms with Crippen molar-refractivity contribution >= 4 is 18.5 Å². The summed E-state index contributed by atoms with van der Waals surface area (Å²) in [7, 11) is 0. The second kappa shape index (κ2) is 7.91. The van der Waals surface area contributed by atoms with Crippen molar-refractivity contribution in [3.8, 4) is 0 Å². The second-order valence-corrected chi connectivity index (χ2v) is 2.93. The topological polar surface area (TPSA) is 60.4 Å². The van der Waals surface area contributed by atoms with Gasteiger partial charge in [-0.15, -0.1) is 0 Å². The van der Waals surface area contributed by atoms with Gasteiger partial charge in [-0.2, -0.15) is 0 Å². The Kier molecular flexibility index (Phi) is 7.14. The van der Waals surface area contributed by atoms with Crippen LogP contribution in [0.15, 0.2) is 11.6 Å². The maximum absolute atomic E-state index is 11.1. The summed E-state index contributed by atoms with van der Waals surface area (Å²) in [5, 5.41) is 0. The minimum Gasteiger partial charge on any atom is -0.466 e. The van der Waals surface area contributed by atoms with Crippen molar-refractivity contribution in [3.63, 3.8) is 0 Å². The third-order valence-corrected chi connectivity index (χ3v) is 2.00. The highest BCUT2D eigenvalue weighted by Crippen LogP contribution is 2.17. The molecule has 0 heterocycles. The molecule has 0 amide bonds. The summed E-state index contributed by atoms with van der Waals surface area (Å²) in [6.45, 7) is 5.11. The maximum atomic E-state index is 11.1. The van der Waals surface area contributed by atoms with Gasteiger partial charge >= 0.3 is 5.97 Å². The van der Waals surface area contributed by atoms with Gasteiger partial charge in [-0.1, -0.05) is 6.08 Å². The van der Waals surface area contributed by atoms with Crippen molar-refractivity contribution in [2.24, 2.45) is 5.92 Å². The molecule has 4 nitrogen and oxygen atoms in total. The van der Waals surface area contributed by atoms with Gasteiger partial charge in [0.25, 0.3) is 0 Å². The third kappa shape index (κ3) is 5.10. The number of rotatable bonds is 7. The number of carbonyl (C=O) groups is 3. The Morgan fingerprint density at radius 1 is 1.47 bits per heavy atom. The summed E-state index contributed by atoms with van der Waals surface area (Å²) in [4.78, 5) is 32.2. The fourth-order valence-corrected chi connectivity index (χ4v) is 1.23. The van der Waals surface area contributed by atoms with E-state index in [1.165, 1.54) is 0 Å². The molecular formula is C11H15O4. The van der Waals surface area contributed by atoms with Crippen LogP contribution in [0.3, 0.4) is 0 Å². The van der Waals surface area contributed by atoms with Crippen molar-refractivity contribution in [2.75, 3.05) is 6.61 Å². The van der Waals surface area contributed by atoms with Crippen LogP contribution in [0.2, 0.25) is 0 Å². The summed E-state index contributed by atoms with van der Waals surface area (Å²) < 4.78 is 4.65. The van der Waals surface area contributed by atoms with Crippen LogP contribution in [0.5, 0.6) is 0 Å². The molecule has 0 aromatic heterocycles. The van der Waals surface area contributed by atoms with Crippen LogP contribution >= 0.6 is 0 Å². The lowest BCUT2D eigenvalue weighted by Gasteiger charge is -2.12. The molecule has 1 radical (unpaired) electrons. The molecule has 83 valence electrons. The van der Waals surface area contributed by atoms with Gasteiger partial charge in [-0.25, -0.2) is 0 Å². The summed E-state index contributed by atoms with van der Waals surface area (Å²) in [5.74, 6) is -0.831. The molecule has 4 heteroatoms. The minimum absolute atomic E-state index is 0.0344. The average Bonchev–Trinajstić information content (AvgIpc) is 2.20. The van der Waals surface area contributed by atoms with E-state index in [2.05, 4.69) is 11.7 Å². The molecule has 0 aliphatic carbocycles. The van der Waals surface area contributed by atoms with E-state index >= 15 is 0 Å². The molecule has 15 heavy (non-hydrogen) atoms. The van der Waals surface area contributed by atoms with E-state index in [1.807, 2.05) is 0 Å². The number of allylic oxidation sites excluding steroid dienone is 2. The van der Waals surface area contributed by atoms with Crippen molar-refractivity contribution in [3.05, 3.63) is 18.6 Å². The van der Waals surface area contributed by atoms with E-state index in [4.69, 9.17) is 0 Å². The van der Waals surface area contributed by atoms with Gasteiger partial charge in [0, 0.05) is 12.3 Å². The van der Waals surface area contributed by atoms with Crippen LogP contribution in [0.1, 0.15) is 19.8 Å². The van der Waals surface area contributed by atoms with Gasteiger partial charge in [-0.05, 0) is 19.4 Å². The number of carbonyl (C=O) groups excluding carboxylic acids is 3. The molecule has 0 aliphatic rings. The van der Waals surface area contributed by atoms with Crippen LogP contribution in [0.25, 0.3) is 0 Å². The lowest BCUT2D eigenvalue weighted by Crippen LogP contribution is -2.15. The fourth-order valence-electron chi connectivity index (χ4n) is 1.23. The molecule has 0 aliphatic heterocycles. The molecule has 0 fully saturated rings. The number of hydrogen-bond donors (Lipinski definition) is 0. The zero-order valence-corrected chi connectivity index (χ0v) is 8.77. The maximum Gasteiger partial charge on any atom is 0.306 e. The highest BCUT2D eigenvalue weighted by atomic mass is 16.5. The van der Waals surface area contributed by atoms with Gasteiger partial charge in [0.1, 0.15) is 12.6 Å². The van der Waals surface area contributed by atoms with E-state index in [9.17, 15) is 14.4 Å². The van der Waals surface area contributed by atoms with Crippen LogP contribution < -0.4 is 0 Å². The van der Waals surface area contributed by atoms with Crippen LogP contribution in [-0.2, 0) is 19.1 Å². The number of ether oxygens (including phenoxy) is 1. The van der Waals surface area contributed by atoms with Crippen LogP contribution in [0, 0.1) is 12.8 Å². The summed E-state index contributed by atoms with van der Waals surface area (Å²) >= 11 is 0. The first kappa shape index (κ1) is 13.5. The first-order valence-corrected chi connectivity index (χ1v) is 4.69. The van der Waals surface area contributed by atoms with E-state index in [0.717, 1.165) is 0 Å². The normalized spacial score (nSPS) is 13.1. The molecule has 0 saturated heterocycles. The van der Waals surface area contributed by atoms with Gasteiger partial charge in [-0.3, -0.25) is 9.59 Å². The zero-order chi connectivity index (χ0) is 11.7. The van der Waals surface area contributed by atoms with Gasteiger partial charge in [0.2, 0.25) is 0 Å². The number of aldehydes is 2. The standard InChI is InChI=1S/C11H15O4/c1-3-9(8-13)10(5-6-12)7-11(14)15-4-2/h3,6,8,10H,2,4-5,7H2,1H3. The molecular weight excluding hydrogens is 196 g/mol. The highest BCUT2D eigenvalue weighted by molar-refractivity contribution is 5.78. The first-order chi connectivity index (χ1) is 7.19. The molecule has 1 atom stereocenters. The lowest BCUT2D eigenvalue weighted by atomic mass is 9.93. The largest absolute Gasteiger partial charge is 0.466 e. The van der Waals surface area contributed by atoms with Crippen molar-refractivity contribution in [2.45, 2.75) is 19.8 Å². The Labute approximate surface area is 89.3 Å². The molecule has 0 aromatic rings. The molecule has 0 rings (SSSR count). The summed E-state index contributed by atoms with van der Waals surface area (Å²) in [6, 6.07) is 0. The predicted octanol–water partition coefficient (Wildman–Crippen LogP) is 1.10. The monoisotopic (exact) mass is 211 g/mol. The summed E-state index contributed by atoms with van der Waals surface area (Å²) in [6.07, 6.45) is 3.12. The van der Waals surface area contributed by atoms with Crippen LogP contribution in [0.4, 0.5) is 0 Å². The van der Waals surface area contributed by atoms with E-state index in [-0.39, 0.29) is 25.4 Å². The van der Waals surface area contributed by atoms with E-state index in [0.29, 0.717) is 18.1 Å². The van der Waals surface area contributed by atoms with E-state index in [1.54, 1.807) is 13.0 Å². The Balaban J connectivity index is 4.45. The molecule has 0 aromatic carbocycles.